The second-order valence-corrected chi connectivity index (χ2v) is 3.65. The Morgan fingerprint density at radius 3 is 2.78 bits per heavy atom. The first-order valence-electron chi connectivity index (χ1n) is 5.75. The third kappa shape index (κ3) is 4.16. The summed E-state index contributed by atoms with van der Waals surface area (Å²) < 4.78 is 26.7. The van der Waals surface area contributed by atoms with Crippen molar-refractivity contribution in [2.75, 3.05) is 13.1 Å². The van der Waals surface area contributed by atoms with Crippen molar-refractivity contribution in [3.05, 3.63) is 41.5 Å². The molecule has 0 heterocycles. The van der Waals surface area contributed by atoms with E-state index >= 15 is 0 Å². The minimum atomic E-state index is -0.485. The molecule has 1 aromatic rings. The van der Waals surface area contributed by atoms with Crippen LogP contribution in [-0.2, 0) is 4.79 Å². The molecule has 0 fully saturated rings. The van der Waals surface area contributed by atoms with Crippen LogP contribution >= 0.6 is 0 Å². The number of amides is 1. The predicted octanol–water partition coefficient (Wildman–Crippen LogP) is 2.05. The summed E-state index contributed by atoms with van der Waals surface area (Å²) in [6.07, 6.45) is 3.06. The van der Waals surface area contributed by atoms with Crippen molar-refractivity contribution in [3.8, 4) is 0 Å². The van der Waals surface area contributed by atoms with Gasteiger partial charge in [0.15, 0.2) is 0 Å². The van der Waals surface area contributed by atoms with Gasteiger partial charge in [-0.05, 0) is 24.6 Å². The average Bonchev–Trinajstić information content (AvgIpc) is 2.36. The first-order valence-corrected chi connectivity index (χ1v) is 5.75. The molecular weight excluding hydrogens is 238 g/mol. The van der Waals surface area contributed by atoms with Gasteiger partial charge in [0.1, 0.15) is 11.6 Å². The van der Waals surface area contributed by atoms with Crippen LogP contribution in [0, 0.1) is 11.6 Å². The Bertz CT molecular complexity index is 433. The number of carbonyl (C=O) groups excluding carboxylic acids is 1. The molecule has 0 aliphatic rings. The SMILES string of the molecule is CC/C=C(/NCCNC=O)c1cc(F)ccc1F. The Morgan fingerprint density at radius 2 is 2.11 bits per heavy atom. The minimum absolute atomic E-state index is 0.197. The summed E-state index contributed by atoms with van der Waals surface area (Å²) in [5, 5.41) is 5.46. The smallest absolute Gasteiger partial charge is 0.207 e. The second kappa shape index (κ2) is 7.42. The highest BCUT2D eigenvalue weighted by Gasteiger charge is 2.08. The molecule has 2 N–H and O–H groups in total. The zero-order chi connectivity index (χ0) is 13.4. The van der Waals surface area contributed by atoms with Gasteiger partial charge in [-0.15, -0.1) is 0 Å². The van der Waals surface area contributed by atoms with E-state index in [4.69, 9.17) is 0 Å². The maximum absolute atomic E-state index is 13.6. The van der Waals surface area contributed by atoms with Gasteiger partial charge in [-0.2, -0.15) is 0 Å². The summed E-state index contributed by atoms with van der Waals surface area (Å²) in [7, 11) is 0. The number of benzene rings is 1. The van der Waals surface area contributed by atoms with Crippen LogP contribution in [0.1, 0.15) is 18.9 Å². The molecule has 0 spiro atoms. The molecule has 0 aliphatic carbocycles. The molecule has 0 saturated carbocycles. The maximum atomic E-state index is 13.6. The summed E-state index contributed by atoms with van der Waals surface area (Å²) in [6.45, 7) is 2.77. The topological polar surface area (TPSA) is 41.1 Å². The lowest BCUT2D eigenvalue weighted by Crippen LogP contribution is -2.25. The maximum Gasteiger partial charge on any atom is 0.207 e. The third-order valence-electron chi connectivity index (χ3n) is 2.29. The first kappa shape index (κ1) is 14.2. The van der Waals surface area contributed by atoms with Crippen LogP contribution in [0.25, 0.3) is 5.70 Å². The van der Waals surface area contributed by atoms with E-state index in [9.17, 15) is 13.6 Å². The molecule has 98 valence electrons. The third-order valence-corrected chi connectivity index (χ3v) is 2.29. The standard InChI is InChI=1S/C13H16F2N2O/c1-2-3-13(17-7-6-16-9-18)11-8-10(14)4-5-12(11)15/h3-5,8-9,17H,2,6-7H2,1H3,(H,16,18)/b13-3+. The number of nitrogens with one attached hydrogen (secondary N) is 2. The molecule has 1 aromatic carbocycles. The van der Waals surface area contributed by atoms with Crippen molar-refractivity contribution in [2.24, 2.45) is 0 Å². The summed E-state index contributed by atoms with van der Waals surface area (Å²) in [4.78, 5) is 10.1. The van der Waals surface area contributed by atoms with Gasteiger partial charge in [0, 0.05) is 24.4 Å². The summed E-state index contributed by atoms with van der Waals surface area (Å²) >= 11 is 0. The van der Waals surface area contributed by atoms with Gasteiger partial charge in [-0.3, -0.25) is 4.79 Å². The van der Waals surface area contributed by atoms with E-state index in [-0.39, 0.29) is 5.56 Å². The highest BCUT2D eigenvalue weighted by Crippen LogP contribution is 2.17. The Kier molecular flexibility index (Phi) is 5.84. The van der Waals surface area contributed by atoms with Gasteiger partial charge >= 0.3 is 0 Å². The van der Waals surface area contributed by atoms with E-state index in [1.807, 2.05) is 6.92 Å². The molecule has 0 bridgehead atoms. The Morgan fingerprint density at radius 1 is 1.33 bits per heavy atom. The normalized spacial score (nSPS) is 11.2. The van der Waals surface area contributed by atoms with E-state index in [0.29, 0.717) is 31.6 Å². The van der Waals surface area contributed by atoms with E-state index in [1.54, 1.807) is 6.08 Å². The molecule has 3 nitrogen and oxygen atoms in total. The molecule has 0 unspecified atom stereocenters. The van der Waals surface area contributed by atoms with Crippen LogP contribution in [-0.4, -0.2) is 19.5 Å². The summed E-state index contributed by atoms with van der Waals surface area (Å²) in [5.41, 5.74) is 0.727. The van der Waals surface area contributed by atoms with Crippen LogP contribution in [0.4, 0.5) is 8.78 Å². The Labute approximate surface area is 105 Å². The molecule has 5 heteroatoms. The molecule has 0 atom stereocenters. The molecule has 1 amide bonds. The first-order chi connectivity index (χ1) is 8.69. The van der Waals surface area contributed by atoms with Crippen molar-refractivity contribution < 1.29 is 13.6 Å². The zero-order valence-corrected chi connectivity index (χ0v) is 10.2. The van der Waals surface area contributed by atoms with Crippen molar-refractivity contribution in [1.82, 2.24) is 10.6 Å². The minimum Gasteiger partial charge on any atom is -0.383 e. The van der Waals surface area contributed by atoms with Crippen molar-refractivity contribution in [2.45, 2.75) is 13.3 Å². The number of allylic oxidation sites excluding steroid dienone is 1. The number of hydrogen-bond acceptors (Lipinski definition) is 2. The van der Waals surface area contributed by atoms with Gasteiger partial charge < -0.3 is 10.6 Å². The Balaban J connectivity index is 2.81. The van der Waals surface area contributed by atoms with Crippen molar-refractivity contribution >= 4 is 12.1 Å². The number of rotatable bonds is 7. The van der Waals surface area contributed by atoms with Crippen molar-refractivity contribution in [1.29, 1.82) is 0 Å². The van der Waals surface area contributed by atoms with Crippen LogP contribution in [0.5, 0.6) is 0 Å². The molecule has 0 radical (unpaired) electrons. The van der Waals surface area contributed by atoms with Gasteiger partial charge in [-0.25, -0.2) is 8.78 Å². The fourth-order valence-corrected chi connectivity index (χ4v) is 1.51. The fourth-order valence-electron chi connectivity index (χ4n) is 1.51. The molecule has 18 heavy (non-hydrogen) atoms. The van der Waals surface area contributed by atoms with Gasteiger partial charge in [0.25, 0.3) is 0 Å². The van der Waals surface area contributed by atoms with Gasteiger partial charge in [-0.1, -0.05) is 13.0 Å². The zero-order valence-electron chi connectivity index (χ0n) is 10.2. The molecular formula is C13H16F2N2O. The number of carbonyl (C=O) groups is 1. The van der Waals surface area contributed by atoms with E-state index in [0.717, 1.165) is 18.2 Å². The highest BCUT2D eigenvalue weighted by molar-refractivity contribution is 5.64. The lowest BCUT2D eigenvalue weighted by molar-refractivity contribution is -0.109. The molecule has 0 aliphatic heterocycles. The van der Waals surface area contributed by atoms with Crippen LogP contribution in [0.2, 0.25) is 0 Å². The number of halogens is 2. The second-order valence-electron chi connectivity index (χ2n) is 3.65. The lowest BCUT2D eigenvalue weighted by atomic mass is 10.1. The van der Waals surface area contributed by atoms with E-state index < -0.39 is 11.6 Å². The molecule has 0 saturated heterocycles. The van der Waals surface area contributed by atoms with E-state index in [2.05, 4.69) is 10.6 Å². The highest BCUT2D eigenvalue weighted by atomic mass is 19.1. The number of hydrogen-bond donors (Lipinski definition) is 2. The monoisotopic (exact) mass is 254 g/mol. The van der Waals surface area contributed by atoms with E-state index in [1.165, 1.54) is 0 Å². The fraction of sp³-hybridized carbons (Fsp3) is 0.308. The van der Waals surface area contributed by atoms with Crippen LogP contribution in [0.3, 0.4) is 0 Å². The van der Waals surface area contributed by atoms with Crippen LogP contribution < -0.4 is 10.6 Å². The summed E-state index contributed by atoms with van der Waals surface area (Å²) in [5.74, 6) is -0.965. The van der Waals surface area contributed by atoms with Crippen molar-refractivity contribution in [3.63, 3.8) is 0 Å². The Hall–Kier alpha value is -1.91. The quantitative estimate of drug-likeness (QED) is 0.577. The van der Waals surface area contributed by atoms with Gasteiger partial charge in [0.05, 0.1) is 0 Å². The largest absolute Gasteiger partial charge is 0.383 e. The molecule has 1 rings (SSSR count). The summed E-state index contributed by atoms with van der Waals surface area (Å²) in [6, 6.07) is 3.33. The predicted molar refractivity (Wildman–Crippen MR) is 66.7 cm³/mol. The van der Waals surface area contributed by atoms with Gasteiger partial charge in [0.2, 0.25) is 6.41 Å². The lowest BCUT2D eigenvalue weighted by Gasteiger charge is -2.12. The average molecular weight is 254 g/mol. The molecule has 0 aromatic heterocycles. The van der Waals surface area contributed by atoms with Crippen LogP contribution in [0.15, 0.2) is 24.3 Å².